The van der Waals surface area contributed by atoms with E-state index in [0.29, 0.717) is 27.0 Å². The van der Waals surface area contributed by atoms with Crippen LogP contribution < -0.4 is 10.1 Å². The predicted octanol–water partition coefficient (Wildman–Crippen LogP) is 4.04. The summed E-state index contributed by atoms with van der Waals surface area (Å²) in [4.78, 5) is 33.2. The van der Waals surface area contributed by atoms with Crippen LogP contribution in [-0.4, -0.2) is 41.8 Å². The zero-order valence-electron chi connectivity index (χ0n) is 16.1. The second-order valence-electron chi connectivity index (χ2n) is 5.89. The fraction of sp³-hybridized carbons (Fsp3) is 0.200. The van der Waals surface area contributed by atoms with Gasteiger partial charge in [0, 0.05) is 22.8 Å². The van der Waals surface area contributed by atoms with Gasteiger partial charge < -0.3 is 14.8 Å². The van der Waals surface area contributed by atoms with E-state index in [4.69, 9.17) is 9.47 Å². The number of esters is 1. The fourth-order valence-corrected chi connectivity index (χ4v) is 4.18. The Balaban J connectivity index is 1.78. The molecule has 1 aromatic carbocycles. The van der Waals surface area contributed by atoms with E-state index in [1.807, 2.05) is 36.6 Å². The maximum atomic E-state index is 12.4. The van der Waals surface area contributed by atoms with Crippen LogP contribution in [0.3, 0.4) is 0 Å². The molecule has 0 fully saturated rings. The molecule has 7 nitrogen and oxygen atoms in total. The van der Waals surface area contributed by atoms with Crippen molar-refractivity contribution in [3.05, 3.63) is 53.2 Å². The molecule has 0 aliphatic heterocycles. The van der Waals surface area contributed by atoms with Crippen LogP contribution in [0.15, 0.2) is 47.1 Å². The highest BCUT2D eigenvalue weighted by atomic mass is 32.2. The second kappa shape index (κ2) is 9.53. The lowest BCUT2D eigenvalue weighted by Crippen LogP contribution is -2.16. The molecule has 0 saturated heterocycles. The van der Waals surface area contributed by atoms with Crippen LogP contribution >= 0.6 is 23.1 Å². The van der Waals surface area contributed by atoms with Gasteiger partial charge in [-0.25, -0.2) is 14.8 Å². The van der Waals surface area contributed by atoms with Gasteiger partial charge in [0.05, 0.1) is 20.0 Å². The Bertz CT molecular complexity index is 1020. The van der Waals surface area contributed by atoms with Crippen molar-refractivity contribution in [2.24, 2.45) is 0 Å². The van der Waals surface area contributed by atoms with Crippen molar-refractivity contribution >= 4 is 40.0 Å². The van der Waals surface area contributed by atoms with E-state index in [9.17, 15) is 9.59 Å². The number of hydrogen-bond donors (Lipinski definition) is 1. The number of rotatable bonds is 7. The molecule has 2 heterocycles. The van der Waals surface area contributed by atoms with Gasteiger partial charge in [-0.2, -0.15) is 0 Å². The van der Waals surface area contributed by atoms with E-state index in [2.05, 4.69) is 15.3 Å². The number of thiophene rings is 1. The Morgan fingerprint density at radius 3 is 2.59 bits per heavy atom. The van der Waals surface area contributed by atoms with Crippen molar-refractivity contribution in [1.29, 1.82) is 0 Å². The Labute approximate surface area is 176 Å². The van der Waals surface area contributed by atoms with Gasteiger partial charge in [0.25, 0.3) is 0 Å². The molecule has 3 aromatic rings. The maximum absolute atomic E-state index is 12.4. The molecule has 0 saturated carbocycles. The first-order chi connectivity index (χ1) is 14.0. The molecule has 29 heavy (non-hydrogen) atoms. The van der Waals surface area contributed by atoms with Crippen LogP contribution in [-0.2, 0) is 9.53 Å². The van der Waals surface area contributed by atoms with E-state index >= 15 is 0 Å². The summed E-state index contributed by atoms with van der Waals surface area (Å²) in [6.45, 7) is 1.86. The first-order valence-electron chi connectivity index (χ1n) is 8.58. The summed E-state index contributed by atoms with van der Waals surface area (Å²) in [6.07, 6.45) is 1.65. The molecule has 150 valence electrons. The van der Waals surface area contributed by atoms with Gasteiger partial charge in [0.2, 0.25) is 5.91 Å². The SMILES string of the molecule is COC(=O)c1c(-c2ccc(OC)cc2)csc1NC(=O)CSc1nccc(C)n1. The van der Waals surface area contributed by atoms with E-state index in [0.717, 1.165) is 11.3 Å². The van der Waals surface area contributed by atoms with Gasteiger partial charge in [-0.3, -0.25) is 4.79 Å². The molecule has 0 spiro atoms. The normalized spacial score (nSPS) is 10.4. The molecule has 0 aliphatic rings. The third kappa shape index (κ3) is 5.12. The van der Waals surface area contributed by atoms with Gasteiger partial charge in [0.15, 0.2) is 5.16 Å². The molecule has 0 atom stereocenters. The Hall–Kier alpha value is -2.91. The number of anilines is 1. The number of nitrogens with zero attached hydrogens (tertiary/aromatic N) is 2. The van der Waals surface area contributed by atoms with Gasteiger partial charge in [-0.1, -0.05) is 23.9 Å². The minimum absolute atomic E-state index is 0.125. The molecule has 3 rings (SSSR count). The zero-order chi connectivity index (χ0) is 20.8. The monoisotopic (exact) mass is 429 g/mol. The quantitative estimate of drug-likeness (QED) is 0.344. The van der Waals surface area contributed by atoms with E-state index in [1.54, 1.807) is 19.4 Å². The van der Waals surface area contributed by atoms with Crippen molar-refractivity contribution in [2.45, 2.75) is 12.1 Å². The number of methoxy groups -OCH3 is 2. The van der Waals surface area contributed by atoms with Crippen molar-refractivity contribution in [3.63, 3.8) is 0 Å². The molecule has 0 radical (unpaired) electrons. The highest BCUT2D eigenvalue weighted by Crippen LogP contribution is 2.36. The lowest BCUT2D eigenvalue weighted by molar-refractivity contribution is -0.113. The number of carbonyl (C=O) groups excluding carboxylic acids is 2. The topological polar surface area (TPSA) is 90.4 Å². The second-order valence-corrected chi connectivity index (χ2v) is 7.71. The Morgan fingerprint density at radius 1 is 1.17 bits per heavy atom. The average molecular weight is 430 g/mol. The first-order valence-corrected chi connectivity index (χ1v) is 10.4. The minimum Gasteiger partial charge on any atom is -0.497 e. The van der Waals surface area contributed by atoms with Crippen LogP contribution in [0.1, 0.15) is 16.1 Å². The van der Waals surface area contributed by atoms with Gasteiger partial charge in [-0.05, 0) is 30.7 Å². The summed E-state index contributed by atoms with van der Waals surface area (Å²) in [6, 6.07) is 9.11. The molecule has 0 aliphatic carbocycles. The third-order valence-electron chi connectivity index (χ3n) is 3.94. The zero-order valence-corrected chi connectivity index (χ0v) is 17.7. The van der Waals surface area contributed by atoms with Gasteiger partial charge >= 0.3 is 5.97 Å². The van der Waals surface area contributed by atoms with E-state index < -0.39 is 5.97 Å². The number of thioether (sulfide) groups is 1. The molecule has 2 aromatic heterocycles. The lowest BCUT2D eigenvalue weighted by Gasteiger charge is -2.08. The summed E-state index contributed by atoms with van der Waals surface area (Å²) in [5, 5.41) is 5.59. The molecule has 1 N–H and O–H groups in total. The van der Waals surface area contributed by atoms with Crippen molar-refractivity contribution in [2.75, 3.05) is 25.3 Å². The van der Waals surface area contributed by atoms with Crippen LogP contribution in [0.2, 0.25) is 0 Å². The summed E-state index contributed by atoms with van der Waals surface area (Å²) in [5.74, 6) is 0.0720. The minimum atomic E-state index is -0.512. The van der Waals surface area contributed by atoms with E-state index in [-0.39, 0.29) is 11.7 Å². The maximum Gasteiger partial charge on any atom is 0.341 e. The fourth-order valence-electron chi connectivity index (χ4n) is 2.53. The molecular formula is C20H19N3O4S2. The summed E-state index contributed by atoms with van der Waals surface area (Å²) in [5.41, 5.74) is 2.67. The summed E-state index contributed by atoms with van der Waals surface area (Å²) >= 11 is 2.50. The van der Waals surface area contributed by atoms with Crippen LogP contribution in [0, 0.1) is 6.92 Å². The number of nitrogens with one attached hydrogen (secondary N) is 1. The number of amides is 1. The van der Waals surface area contributed by atoms with Crippen LogP contribution in [0.25, 0.3) is 11.1 Å². The smallest absolute Gasteiger partial charge is 0.341 e. The van der Waals surface area contributed by atoms with Crippen LogP contribution in [0.5, 0.6) is 5.75 Å². The first kappa shape index (κ1) is 20.8. The summed E-state index contributed by atoms with van der Waals surface area (Å²) in [7, 11) is 2.90. The highest BCUT2D eigenvalue weighted by Gasteiger charge is 2.22. The Morgan fingerprint density at radius 2 is 1.93 bits per heavy atom. The van der Waals surface area contributed by atoms with Gasteiger partial charge in [0.1, 0.15) is 16.3 Å². The van der Waals surface area contributed by atoms with Crippen molar-refractivity contribution in [3.8, 4) is 16.9 Å². The number of aryl methyl sites for hydroxylation is 1. The van der Waals surface area contributed by atoms with Crippen molar-refractivity contribution < 1.29 is 19.1 Å². The lowest BCUT2D eigenvalue weighted by atomic mass is 10.0. The van der Waals surface area contributed by atoms with Crippen molar-refractivity contribution in [1.82, 2.24) is 9.97 Å². The number of benzene rings is 1. The van der Waals surface area contributed by atoms with Gasteiger partial charge in [-0.15, -0.1) is 11.3 Å². The number of hydrogen-bond acceptors (Lipinski definition) is 8. The summed E-state index contributed by atoms with van der Waals surface area (Å²) < 4.78 is 10.1. The number of ether oxygens (including phenoxy) is 2. The molecular weight excluding hydrogens is 410 g/mol. The third-order valence-corrected chi connectivity index (χ3v) is 5.70. The number of carbonyl (C=O) groups is 2. The molecule has 0 unspecified atom stereocenters. The predicted molar refractivity (Wildman–Crippen MR) is 114 cm³/mol. The molecule has 1 amide bonds. The Kier molecular flexibility index (Phi) is 6.84. The standard InChI is InChI=1S/C20H19N3O4S2/c1-12-8-9-21-20(22-12)29-11-16(24)23-18-17(19(25)27-3)15(10-28-18)13-4-6-14(26-2)7-5-13/h4-10H,11H2,1-3H3,(H,23,24). The highest BCUT2D eigenvalue weighted by molar-refractivity contribution is 7.99. The van der Waals surface area contributed by atoms with E-state index in [1.165, 1.54) is 30.2 Å². The largest absolute Gasteiger partial charge is 0.497 e. The van der Waals surface area contributed by atoms with Crippen LogP contribution in [0.4, 0.5) is 5.00 Å². The average Bonchev–Trinajstić information content (AvgIpc) is 3.15. The molecule has 9 heteroatoms. The molecule has 0 bridgehead atoms. The number of aromatic nitrogens is 2.